The van der Waals surface area contributed by atoms with Crippen molar-refractivity contribution in [2.45, 2.75) is 51.0 Å². The van der Waals surface area contributed by atoms with Gasteiger partial charge in [-0.1, -0.05) is 30.5 Å². The Kier molecular flexibility index (Phi) is 3.53. The molecule has 0 atom stereocenters. The summed E-state index contributed by atoms with van der Waals surface area (Å²) in [5, 5.41) is 4.90. The summed E-state index contributed by atoms with van der Waals surface area (Å²) >= 11 is 6.52. The Labute approximate surface area is 135 Å². The van der Waals surface area contributed by atoms with E-state index < -0.39 is 0 Å². The van der Waals surface area contributed by atoms with Crippen molar-refractivity contribution in [2.24, 2.45) is 0 Å². The van der Waals surface area contributed by atoms with Gasteiger partial charge in [-0.05, 0) is 49.8 Å². The van der Waals surface area contributed by atoms with Crippen LogP contribution in [0, 0.1) is 0 Å². The van der Waals surface area contributed by atoms with Gasteiger partial charge in [0.25, 0.3) is 5.91 Å². The number of aromatic nitrogens is 1. The van der Waals surface area contributed by atoms with Gasteiger partial charge in [0.05, 0.1) is 10.5 Å². The van der Waals surface area contributed by atoms with E-state index in [9.17, 15) is 4.79 Å². The third-order valence-electron chi connectivity index (χ3n) is 4.90. The van der Waals surface area contributed by atoms with Crippen LogP contribution in [0.2, 0.25) is 5.02 Å². The molecule has 2 aliphatic rings. The first-order chi connectivity index (χ1) is 10.7. The van der Waals surface area contributed by atoms with E-state index >= 15 is 0 Å². The molecule has 1 aromatic heterocycles. The molecule has 114 valence electrons. The van der Waals surface area contributed by atoms with Crippen molar-refractivity contribution >= 4 is 28.4 Å². The van der Waals surface area contributed by atoms with E-state index in [2.05, 4.69) is 5.32 Å². The number of hydrogen-bond acceptors (Lipinski definition) is 2. The smallest absolute Gasteiger partial charge is 0.251 e. The van der Waals surface area contributed by atoms with Crippen LogP contribution >= 0.6 is 11.6 Å². The lowest BCUT2D eigenvalue weighted by Gasteiger charge is -2.13. The van der Waals surface area contributed by atoms with Crippen molar-refractivity contribution in [3.05, 3.63) is 40.0 Å². The first-order valence-electron chi connectivity index (χ1n) is 8.14. The van der Waals surface area contributed by atoms with Crippen molar-refractivity contribution in [3.8, 4) is 0 Å². The number of amides is 1. The van der Waals surface area contributed by atoms with Gasteiger partial charge in [-0.3, -0.25) is 9.78 Å². The Balaban J connectivity index is 1.68. The SMILES string of the molecule is O=C(NC1CCCC1)c1ccc2c(Cl)c3c(nc2c1)CCC3. The minimum absolute atomic E-state index is 0.00669. The van der Waals surface area contributed by atoms with Crippen molar-refractivity contribution in [1.82, 2.24) is 10.3 Å². The Hall–Kier alpha value is -1.61. The Morgan fingerprint density at radius 2 is 2.00 bits per heavy atom. The maximum Gasteiger partial charge on any atom is 0.251 e. The lowest BCUT2D eigenvalue weighted by molar-refractivity contribution is 0.0938. The number of aryl methyl sites for hydroxylation is 1. The van der Waals surface area contributed by atoms with Crippen LogP contribution in [0.5, 0.6) is 0 Å². The van der Waals surface area contributed by atoms with Crippen molar-refractivity contribution in [1.29, 1.82) is 0 Å². The molecule has 1 heterocycles. The second kappa shape index (κ2) is 5.54. The number of fused-ring (bicyclic) bond motifs is 2. The van der Waals surface area contributed by atoms with E-state index in [4.69, 9.17) is 16.6 Å². The second-order valence-electron chi connectivity index (χ2n) is 6.39. The van der Waals surface area contributed by atoms with Crippen LogP contribution in [0.4, 0.5) is 0 Å². The molecular formula is C18H19ClN2O. The second-order valence-corrected chi connectivity index (χ2v) is 6.77. The van der Waals surface area contributed by atoms with Crippen LogP contribution in [-0.2, 0) is 12.8 Å². The molecule has 4 heteroatoms. The number of carbonyl (C=O) groups excluding carboxylic acids is 1. The molecule has 2 aliphatic carbocycles. The van der Waals surface area contributed by atoms with Crippen LogP contribution in [-0.4, -0.2) is 16.9 Å². The summed E-state index contributed by atoms with van der Waals surface area (Å²) in [6.07, 6.45) is 7.74. The number of benzene rings is 1. The fourth-order valence-corrected chi connectivity index (χ4v) is 4.05. The van der Waals surface area contributed by atoms with Gasteiger partial charge in [0.15, 0.2) is 0 Å². The zero-order chi connectivity index (χ0) is 15.1. The number of rotatable bonds is 2. The number of nitrogens with one attached hydrogen (secondary N) is 1. The van der Waals surface area contributed by atoms with E-state index in [-0.39, 0.29) is 5.91 Å². The molecule has 1 N–H and O–H groups in total. The summed E-state index contributed by atoms with van der Waals surface area (Å²) in [6, 6.07) is 6.01. The molecule has 0 bridgehead atoms. The number of hydrogen-bond donors (Lipinski definition) is 1. The maximum atomic E-state index is 12.4. The molecule has 0 spiro atoms. The van der Waals surface area contributed by atoms with E-state index in [1.54, 1.807) is 0 Å². The minimum Gasteiger partial charge on any atom is -0.349 e. The molecule has 1 saturated carbocycles. The van der Waals surface area contributed by atoms with Gasteiger partial charge < -0.3 is 5.32 Å². The molecule has 22 heavy (non-hydrogen) atoms. The fourth-order valence-electron chi connectivity index (χ4n) is 3.69. The van der Waals surface area contributed by atoms with E-state index in [0.717, 1.165) is 53.7 Å². The van der Waals surface area contributed by atoms with Gasteiger partial charge in [0.1, 0.15) is 0 Å². The Morgan fingerprint density at radius 3 is 2.82 bits per heavy atom. The molecule has 1 fully saturated rings. The normalized spacial score (nSPS) is 17.9. The van der Waals surface area contributed by atoms with Crippen LogP contribution in [0.25, 0.3) is 10.9 Å². The lowest BCUT2D eigenvalue weighted by Crippen LogP contribution is -2.32. The zero-order valence-corrected chi connectivity index (χ0v) is 13.2. The molecule has 1 aromatic carbocycles. The number of carbonyl (C=O) groups is 1. The van der Waals surface area contributed by atoms with Crippen molar-refractivity contribution < 1.29 is 4.79 Å². The lowest BCUT2D eigenvalue weighted by atomic mass is 10.1. The van der Waals surface area contributed by atoms with E-state index in [1.165, 1.54) is 18.4 Å². The summed E-state index contributed by atoms with van der Waals surface area (Å²) in [6.45, 7) is 0. The highest BCUT2D eigenvalue weighted by Gasteiger charge is 2.21. The Bertz CT molecular complexity index is 750. The number of nitrogens with zero attached hydrogens (tertiary/aromatic N) is 1. The van der Waals surface area contributed by atoms with Crippen molar-refractivity contribution in [3.63, 3.8) is 0 Å². The quantitative estimate of drug-likeness (QED) is 0.908. The predicted molar refractivity (Wildman–Crippen MR) is 88.5 cm³/mol. The molecule has 2 aromatic rings. The summed E-state index contributed by atoms with van der Waals surface area (Å²) < 4.78 is 0. The number of halogens is 1. The molecule has 3 nitrogen and oxygen atoms in total. The van der Waals surface area contributed by atoms with Gasteiger partial charge in [0, 0.05) is 22.7 Å². The monoisotopic (exact) mass is 314 g/mol. The predicted octanol–water partition coefficient (Wildman–Crippen LogP) is 4.05. The molecule has 0 aliphatic heterocycles. The molecule has 0 radical (unpaired) electrons. The highest BCUT2D eigenvalue weighted by Crippen LogP contribution is 2.33. The van der Waals surface area contributed by atoms with Gasteiger partial charge >= 0.3 is 0 Å². The summed E-state index contributed by atoms with van der Waals surface area (Å²) in [7, 11) is 0. The first-order valence-corrected chi connectivity index (χ1v) is 8.52. The molecular weight excluding hydrogens is 296 g/mol. The third kappa shape index (κ3) is 2.38. The summed E-state index contributed by atoms with van der Waals surface area (Å²) in [5.41, 5.74) is 3.81. The number of pyridine rings is 1. The minimum atomic E-state index is 0.00669. The van der Waals surface area contributed by atoms with Gasteiger partial charge in [-0.25, -0.2) is 0 Å². The van der Waals surface area contributed by atoms with Crippen LogP contribution in [0.15, 0.2) is 18.2 Å². The average molecular weight is 315 g/mol. The highest BCUT2D eigenvalue weighted by molar-refractivity contribution is 6.36. The zero-order valence-electron chi connectivity index (χ0n) is 12.5. The Morgan fingerprint density at radius 1 is 1.18 bits per heavy atom. The average Bonchev–Trinajstić information content (AvgIpc) is 3.18. The molecule has 0 unspecified atom stereocenters. The third-order valence-corrected chi connectivity index (χ3v) is 5.33. The highest BCUT2D eigenvalue weighted by atomic mass is 35.5. The molecule has 1 amide bonds. The summed E-state index contributed by atoms with van der Waals surface area (Å²) in [5.74, 6) is 0.00669. The largest absolute Gasteiger partial charge is 0.349 e. The van der Waals surface area contributed by atoms with Gasteiger partial charge in [0.2, 0.25) is 0 Å². The topological polar surface area (TPSA) is 42.0 Å². The molecule has 4 rings (SSSR count). The molecule has 0 saturated heterocycles. The maximum absolute atomic E-state index is 12.4. The standard InChI is InChI=1S/C18H19ClN2O/c19-17-13-6-3-7-15(13)21-16-10-11(8-9-14(16)17)18(22)20-12-4-1-2-5-12/h8-10,12H,1-7H2,(H,20,22). The van der Waals surface area contributed by atoms with Gasteiger partial charge in [-0.2, -0.15) is 0 Å². The van der Waals surface area contributed by atoms with Crippen molar-refractivity contribution in [2.75, 3.05) is 0 Å². The summed E-state index contributed by atoms with van der Waals surface area (Å²) in [4.78, 5) is 17.1. The van der Waals surface area contributed by atoms with E-state index in [1.807, 2.05) is 18.2 Å². The first kappa shape index (κ1) is 14.0. The van der Waals surface area contributed by atoms with E-state index in [0.29, 0.717) is 11.6 Å². The van der Waals surface area contributed by atoms with Crippen LogP contribution < -0.4 is 5.32 Å². The van der Waals surface area contributed by atoms with Crippen LogP contribution in [0.3, 0.4) is 0 Å². The van der Waals surface area contributed by atoms with Gasteiger partial charge in [-0.15, -0.1) is 0 Å². The van der Waals surface area contributed by atoms with Crippen LogP contribution in [0.1, 0.15) is 53.7 Å². The fraction of sp³-hybridized carbons (Fsp3) is 0.444.